The molecule has 1 aromatic carbocycles. The fourth-order valence-electron chi connectivity index (χ4n) is 1.91. The zero-order valence-corrected chi connectivity index (χ0v) is 16.7. The molecule has 0 aromatic heterocycles. The molecule has 8 heteroatoms. The van der Waals surface area contributed by atoms with Gasteiger partial charge in [-0.15, -0.1) is 0 Å². The molecule has 1 rings (SSSR count). The number of hydrogen-bond acceptors (Lipinski definition) is 4. The number of carbonyl (C=O) groups is 2. The van der Waals surface area contributed by atoms with Crippen molar-refractivity contribution in [2.75, 3.05) is 25.9 Å². The third-order valence-electron chi connectivity index (χ3n) is 3.64. The summed E-state index contributed by atoms with van der Waals surface area (Å²) in [4.78, 5) is 27.1. The van der Waals surface area contributed by atoms with Gasteiger partial charge in [0.15, 0.2) is 5.96 Å². The molecule has 0 unspecified atom stereocenters. The van der Waals surface area contributed by atoms with Crippen molar-refractivity contribution in [3.05, 3.63) is 35.4 Å². The molecule has 7 nitrogen and oxygen atoms in total. The van der Waals surface area contributed by atoms with Crippen LogP contribution in [0, 0.1) is 0 Å². The first-order chi connectivity index (χ1) is 12.3. The summed E-state index contributed by atoms with van der Waals surface area (Å²) in [5.74, 6) is -0.136. The van der Waals surface area contributed by atoms with Gasteiger partial charge in [-0.1, -0.05) is 12.1 Å². The monoisotopic (exact) mass is 379 g/mol. The molecule has 0 heterocycles. The van der Waals surface area contributed by atoms with Crippen LogP contribution < -0.4 is 21.7 Å². The highest BCUT2D eigenvalue weighted by Gasteiger charge is 2.16. The van der Waals surface area contributed by atoms with Gasteiger partial charge in [0.2, 0.25) is 5.91 Å². The van der Waals surface area contributed by atoms with Crippen molar-refractivity contribution in [3.8, 4) is 0 Å². The summed E-state index contributed by atoms with van der Waals surface area (Å²) in [6.45, 7) is 8.29. The number of thioether (sulfide) groups is 1. The molecule has 0 aliphatic rings. The first-order valence-electron chi connectivity index (χ1n) is 8.50. The Bertz CT molecular complexity index is 629. The van der Waals surface area contributed by atoms with Crippen LogP contribution >= 0.6 is 11.8 Å². The molecule has 0 saturated carbocycles. The van der Waals surface area contributed by atoms with E-state index < -0.39 is 5.91 Å². The lowest BCUT2D eigenvalue weighted by atomic mass is 10.1. The number of primary amides is 1. The third-order valence-corrected chi connectivity index (χ3v) is 4.89. The van der Waals surface area contributed by atoms with E-state index >= 15 is 0 Å². The van der Waals surface area contributed by atoms with E-state index in [1.807, 2.05) is 19.1 Å². The highest BCUT2D eigenvalue weighted by atomic mass is 32.2. The highest BCUT2D eigenvalue weighted by Crippen LogP contribution is 2.19. The van der Waals surface area contributed by atoms with E-state index in [1.165, 1.54) is 0 Å². The van der Waals surface area contributed by atoms with E-state index in [2.05, 4.69) is 41.0 Å². The van der Waals surface area contributed by atoms with E-state index in [1.54, 1.807) is 23.9 Å². The molecule has 1 aromatic rings. The molecule has 2 amide bonds. The van der Waals surface area contributed by atoms with Gasteiger partial charge in [0.1, 0.15) is 0 Å². The van der Waals surface area contributed by atoms with Gasteiger partial charge in [0.25, 0.3) is 5.91 Å². The van der Waals surface area contributed by atoms with E-state index in [-0.39, 0.29) is 17.2 Å². The standard InChI is InChI=1S/C18H29N5O2S/c1-5-20-17(23-12-18(2,3)26-4)22-10-13-6-8-14(9-7-13)16(25)21-11-15(19)24/h6-9H,5,10-12H2,1-4H3,(H2,19,24)(H,21,25)(H2,20,22,23). The average Bonchev–Trinajstić information content (AvgIpc) is 2.62. The number of nitrogens with zero attached hydrogens (tertiary/aromatic N) is 1. The first kappa shape index (κ1) is 21.8. The molecular formula is C18H29N5O2S. The Kier molecular flexibility index (Phi) is 8.98. The van der Waals surface area contributed by atoms with Crippen molar-refractivity contribution in [1.82, 2.24) is 16.0 Å². The third kappa shape index (κ3) is 8.24. The van der Waals surface area contributed by atoms with Crippen LogP contribution in [0.1, 0.15) is 36.7 Å². The molecule has 26 heavy (non-hydrogen) atoms. The van der Waals surface area contributed by atoms with Crippen molar-refractivity contribution in [3.63, 3.8) is 0 Å². The number of nitrogens with two attached hydrogens (primary N) is 1. The molecule has 0 aliphatic carbocycles. The molecule has 5 N–H and O–H groups in total. The summed E-state index contributed by atoms with van der Waals surface area (Å²) in [6.07, 6.45) is 2.09. The van der Waals surface area contributed by atoms with Gasteiger partial charge < -0.3 is 21.7 Å². The van der Waals surface area contributed by atoms with Crippen LogP contribution in [0.2, 0.25) is 0 Å². The van der Waals surface area contributed by atoms with Gasteiger partial charge in [-0.3, -0.25) is 9.59 Å². The van der Waals surface area contributed by atoms with Crippen LogP contribution in [0.5, 0.6) is 0 Å². The molecule has 0 spiro atoms. The fraction of sp³-hybridized carbons (Fsp3) is 0.500. The van der Waals surface area contributed by atoms with Crippen molar-refractivity contribution in [1.29, 1.82) is 0 Å². The molecule has 0 bridgehead atoms. The number of hydrogen-bond donors (Lipinski definition) is 4. The van der Waals surface area contributed by atoms with Crippen LogP contribution in [-0.2, 0) is 11.3 Å². The van der Waals surface area contributed by atoms with Crippen LogP contribution in [0.4, 0.5) is 0 Å². The van der Waals surface area contributed by atoms with Crippen LogP contribution in [0.3, 0.4) is 0 Å². The van der Waals surface area contributed by atoms with E-state index in [4.69, 9.17) is 5.73 Å². The summed E-state index contributed by atoms with van der Waals surface area (Å²) in [5, 5.41) is 9.04. The van der Waals surface area contributed by atoms with Crippen LogP contribution in [0.25, 0.3) is 0 Å². The lowest BCUT2D eigenvalue weighted by Gasteiger charge is -2.23. The number of carbonyl (C=O) groups excluding carboxylic acids is 2. The van der Waals surface area contributed by atoms with Gasteiger partial charge in [-0.05, 0) is 44.7 Å². The molecular weight excluding hydrogens is 350 g/mol. The minimum absolute atomic E-state index is 0.121. The number of rotatable bonds is 9. The zero-order chi connectivity index (χ0) is 19.6. The van der Waals surface area contributed by atoms with Crippen molar-refractivity contribution in [2.24, 2.45) is 10.7 Å². The van der Waals surface area contributed by atoms with Crippen LogP contribution in [0.15, 0.2) is 29.3 Å². The Labute approximate surface area is 159 Å². The van der Waals surface area contributed by atoms with Gasteiger partial charge in [-0.2, -0.15) is 11.8 Å². The summed E-state index contributed by atoms with van der Waals surface area (Å²) in [6, 6.07) is 7.10. The number of aliphatic imine (C=N–C) groups is 1. The van der Waals surface area contributed by atoms with E-state index in [0.717, 1.165) is 24.6 Å². The Morgan fingerprint density at radius 3 is 2.35 bits per heavy atom. The molecule has 0 radical (unpaired) electrons. The maximum absolute atomic E-state index is 11.9. The van der Waals surface area contributed by atoms with Crippen molar-refractivity contribution >= 4 is 29.5 Å². The molecule has 0 atom stereocenters. The second-order valence-electron chi connectivity index (χ2n) is 6.36. The minimum Gasteiger partial charge on any atom is -0.368 e. The van der Waals surface area contributed by atoms with Gasteiger partial charge in [-0.25, -0.2) is 4.99 Å². The zero-order valence-electron chi connectivity index (χ0n) is 15.9. The Balaban J connectivity index is 2.66. The minimum atomic E-state index is -0.572. The Morgan fingerprint density at radius 1 is 1.15 bits per heavy atom. The maximum atomic E-state index is 11.9. The highest BCUT2D eigenvalue weighted by molar-refractivity contribution is 7.99. The quantitative estimate of drug-likeness (QED) is 0.379. The second kappa shape index (κ2) is 10.7. The van der Waals surface area contributed by atoms with E-state index in [9.17, 15) is 9.59 Å². The summed E-state index contributed by atoms with van der Waals surface area (Å²) in [7, 11) is 0. The van der Waals surface area contributed by atoms with Gasteiger partial charge >= 0.3 is 0 Å². The molecule has 0 fully saturated rings. The van der Waals surface area contributed by atoms with Gasteiger partial charge in [0.05, 0.1) is 13.1 Å². The summed E-state index contributed by atoms with van der Waals surface area (Å²) >= 11 is 1.80. The number of benzene rings is 1. The predicted molar refractivity (Wildman–Crippen MR) is 108 cm³/mol. The number of amides is 2. The van der Waals surface area contributed by atoms with E-state index in [0.29, 0.717) is 12.1 Å². The van der Waals surface area contributed by atoms with Crippen LogP contribution in [-0.4, -0.2) is 48.4 Å². The summed E-state index contributed by atoms with van der Waals surface area (Å²) in [5.41, 5.74) is 6.48. The largest absolute Gasteiger partial charge is 0.368 e. The fourth-order valence-corrected chi connectivity index (χ4v) is 2.13. The number of nitrogens with one attached hydrogen (secondary N) is 3. The second-order valence-corrected chi connectivity index (χ2v) is 7.87. The van der Waals surface area contributed by atoms with Crippen molar-refractivity contribution < 1.29 is 9.59 Å². The topological polar surface area (TPSA) is 109 Å². The molecule has 0 saturated heterocycles. The maximum Gasteiger partial charge on any atom is 0.251 e. The predicted octanol–water partition coefficient (Wildman–Crippen LogP) is 1.10. The summed E-state index contributed by atoms with van der Waals surface area (Å²) < 4.78 is 0.121. The lowest BCUT2D eigenvalue weighted by molar-refractivity contribution is -0.117. The lowest BCUT2D eigenvalue weighted by Crippen LogP contribution is -2.43. The molecule has 144 valence electrons. The molecule has 0 aliphatic heterocycles. The Hall–Kier alpha value is -2.22. The van der Waals surface area contributed by atoms with Gasteiger partial charge in [0, 0.05) is 23.4 Å². The normalized spacial score (nSPS) is 11.8. The smallest absolute Gasteiger partial charge is 0.251 e. The first-order valence-corrected chi connectivity index (χ1v) is 9.72. The number of guanidine groups is 1. The SMILES string of the molecule is CCNC(=NCc1ccc(C(=O)NCC(N)=O)cc1)NCC(C)(C)SC. The Morgan fingerprint density at radius 2 is 1.81 bits per heavy atom. The van der Waals surface area contributed by atoms with Crippen molar-refractivity contribution in [2.45, 2.75) is 32.1 Å². The average molecular weight is 380 g/mol.